The Hall–Kier alpha value is -0.190. The van der Waals surface area contributed by atoms with E-state index in [2.05, 4.69) is 34.0 Å². The summed E-state index contributed by atoms with van der Waals surface area (Å²) in [5.74, 6) is 5.24. The zero-order valence-electron chi connectivity index (χ0n) is 5.84. The van der Waals surface area contributed by atoms with Gasteiger partial charge in [-0.25, -0.2) is 0 Å². The molecule has 0 bridgehead atoms. The van der Waals surface area contributed by atoms with Crippen LogP contribution in [-0.2, 0) is 5.33 Å². The van der Waals surface area contributed by atoms with Gasteiger partial charge in [0.15, 0.2) is 0 Å². The molecular weight excluding hydrogens is 224 g/mol. The molecule has 0 spiro atoms. The van der Waals surface area contributed by atoms with E-state index in [9.17, 15) is 0 Å². The van der Waals surface area contributed by atoms with Gasteiger partial charge in [0.2, 0.25) is 0 Å². The van der Waals surface area contributed by atoms with Crippen LogP contribution in [0.15, 0.2) is 23.1 Å². The van der Waals surface area contributed by atoms with Gasteiger partial charge < -0.3 is 5.43 Å². The number of thiol groups is 1. The summed E-state index contributed by atoms with van der Waals surface area (Å²) in [5, 5.41) is 0.816. The lowest BCUT2D eigenvalue weighted by atomic mass is 10.2. The number of anilines is 1. The number of benzene rings is 1. The number of halogens is 1. The SMILES string of the molecule is NNc1cc(S)cc(CBr)c1. The first-order valence-corrected chi connectivity index (χ1v) is 4.68. The van der Waals surface area contributed by atoms with Gasteiger partial charge in [-0.1, -0.05) is 15.9 Å². The van der Waals surface area contributed by atoms with Gasteiger partial charge in [-0.3, -0.25) is 5.84 Å². The number of nitrogens with one attached hydrogen (secondary N) is 1. The zero-order chi connectivity index (χ0) is 8.27. The van der Waals surface area contributed by atoms with Gasteiger partial charge in [0.05, 0.1) is 0 Å². The van der Waals surface area contributed by atoms with E-state index in [1.807, 2.05) is 18.2 Å². The highest BCUT2D eigenvalue weighted by molar-refractivity contribution is 9.08. The summed E-state index contributed by atoms with van der Waals surface area (Å²) in [6.07, 6.45) is 0. The van der Waals surface area contributed by atoms with Crippen LogP contribution in [0.4, 0.5) is 5.69 Å². The fraction of sp³-hybridized carbons (Fsp3) is 0.143. The van der Waals surface area contributed by atoms with Crippen LogP contribution in [0, 0.1) is 0 Å². The van der Waals surface area contributed by atoms with E-state index in [-0.39, 0.29) is 0 Å². The third-order valence-electron chi connectivity index (χ3n) is 1.30. The van der Waals surface area contributed by atoms with E-state index < -0.39 is 0 Å². The van der Waals surface area contributed by atoms with E-state index in [0.29, 0.717) is 0 Å². The molecule has 0 amide bonds. The standard InChI is InChI=1S/C7H9BrN2S/c8-4-5-1-6(10-9)3-7(11)2-5/h1-3,10-11H,4,9H2. The average Bonchev–Trinajstić information content (AvgIpc) is 2.03. The second-order valence-electron chi connectivity index (χ2n) is 2.17. The summed E-state index contributed by atoms with van der Waals surface area (Å²) in [6, 6.07) is 5.82. The van der Waals surface area contributed by atoms with Gasteiger partial charge >= 0.3 is 0 Å². The van der Waals surface area contributed by atoms with E-state index >= 15 is 0 Å². The Morgan fingerprint density at radius 2 is 2.18 bits per heavy atom. The van der Waals surface area contributed by atoms with Crippen LogP contribution in [0.1, 0.15) is 5.56 Å². The summed E-state index contributed by atoms with van der Waals surface area (Å²) < 4.78 is 0. The quantitative estimate of drug-likeness (QED) is 0.317. The minimum Gasteiger partial charge on any atom is -0.324 e. The number of rotatable bonds is 2. The Balaban J connectivity index is 3.02. The summed E-state index contributed by atoms with van der Waals surface area (Å²) in [4.78, 5) is 0.912. The molecule has 60 valence electrons. The predicted octanol–water partition coefficient (Wildman–Crippen LogP) is 2.16. The molecular formula is C7H9BrN2S. The third kappa shape index (κ3) is 2.39. The maximum absolute atomic E-state index is 5.24. The monoisotopic (exact) mass is 232 g/mol. The number of hydrogen-bond acceptors (Lipinski definition) is 3. The van der Waals surface area contributed by atoms with Gasteiger partial charge in [0.1, 0.15) is 0 Å². The molecule has 1 rings (SSSR count). The van der Waals surface area contributed by atoms with Crippen LogP contribution in [-0.4, -0.2) is 0 Å². The van der Waals surface area contributed by atoms with Crippen molar-refractivity contribution in [3.8, 4) is 0 Å². The molecule has 11 heavy (non-hydrogen) atoms. The number of nitrogens with two attached hydrogens (primary N) is 1. The molecule has 0 unspecified atom stereocenters. The van der Waals surface area contributed by atoms with Crippen molar-refractivity contribution in [1.82, 2.24) is 0 Å². The zero-order valence-corrected chi connectivity index (χ0v) is 8.32. The lowest BCUT2D eigenvalue weighted by Crippen LogP contribution is -2.06. The molecule has 3 N–H and O–H groups in total. The van der Waals surface area contributed by atoms with Crippen LogP contribution in [0.2, 0.25) is 0 Å². The van der Waals surface area contributed by atoms with Gasteiger partial charge in [0, 0.05) is 15.9 Å². The molecule has 0 saturated carbocycles. The number of nitrogen functional groups attached to an aromatic ring is 1. The van der Waals surface area contributed by atoms with Crippen LogP contribution < -0.4 is 11.3 Å². The Bertz CT molecular complexity index is 230. The van der Waals surface area contributed by atoms with Gasteiger partial charge in [-0.2, -0.15) is 0 Å². The van der Waals surface area contributed by atoms with E-state index in [1.165, 1.54) is 0 Å². The topological polar surface area (TPSA) is 38.0 Å². The summed E-state index contributed by atoms with van der Waals surface area (Å²) >= 11 is 7.57. The van der Waals surface area contributed by atoms with Gasteiger partial charge in [-0.15, -0.1) is 12.6 Å². The highest BCUT2D eigenvalue weighted by Crippen LogP contribution is 2.18. The van der Waals surface area contributed by atoms with Crippen LogP contribution in [0.5, 0.6) is 0 Å². The maximum atomic E-state index is 5.24. The highest BCUT2D eigenvalue weighted by atomic mass is 79.9. The fourth-order valence-corrected chi connectivity index (χ4v) is 1.46. The third-order valence-corrected chi connectivity index (χ3v) is 2.20. The first-order valence-electron chi connectivity index (χ1n) is 3.12. The molecule has 0 radical (unpaired) electrons. The smallest absolute Gasteiger partial charge is 0.0499 e. The summed E-state index contributed by atoms with van der Waals surface area (Å²) in [7, 11) is 0. The van der Waals surface area contributed by atoms with E-state index in [1.54, 1.807) is 0 Å². The predicted molar refractivity (Wildman–Crippen MR) is 54.1 cm³/mol. The first-order chi connectivity index (χ1) is 5.26. The van der Waals surface area contributed by atoms with Crippen LogP contribution >= 0.6 is 28.6 Å². The van der Waals surface area contributed by atoms with Gasteiger partial charge in [-0.05, 0) is 23.8 Å². The second-order valence-corrected chi connectivity index (χ2v) is 3.24. The highest BCUT2D eigenvalue weighted by Gasteiger charge is 1.95. The van der Waals surface area contributed by atoms with Crippen molar-refractivity contribution in [3.05, 3.63) is 23.8 Å². The van der Waals surface area contributed by atoms with Gasteiger partial charge in [0.25, 0.3) is 0 Å². The molecule has 0 atom stereocenters. The lowest BCUT2D eigenvalue weighted by molar-refractivity contribution is 1.28. The normalized spacial score (nSPS) is 9.73. The van der Waals surface area contributed by atoms with Crippen molar-refractivity contribution in [1.29, 1.82) is 0 Å². The maximum Gasteiger partial charge on any atom is 0.0499 e. The number of hydrazine groups is 1. The number of alkyl halides is 1. The van der Waals surface area contributed by atoms with Crippen molar-refractivity contribution >= 4 is 34.2 Å². The molecule has 4 heteroatoms. The molecule has 0 fully saturated rings. The molecule has 2 nitrogen and oxygen atoms in total. The molecule has 0 heterocycles. The Kier molecular flexibility index (Phi) is 3.23. The number of hydrogen-bond donors (Lipinski definition) is 3. The molecule has 0 aromatic heterocycles. The van der Waals surface area contributed by atoms with E-state index in [0.717, 1.165) is 21.5 Å². The van der Waals surface area contributed by atoms with Crippen molar-refractivity contribution in [2.24, 2.45) is 5.84 Å². The Morgan fingerprint density at radius 1 is 1.45 bits per heavy atom. The minimum atomic E-state index is 0.816. The van der Waals surface area contributed by atoms with Crippen molar-refractivity contribution in [2.45, 2.75) is 10.2 Å². The largest absolute Gasteiger partial charge is 0.324 e. The van der Waals surface area contributed by atoms with Crippen molar-refractivity contribution in [3.63, 3.8) is 0 Å². The Labute approximate surface area is 79.7 Å². The minimum absolute atomic E-state index is 0.816. The second kappa shape index (κ2) is 3.99. The first kappa shape index (κ1) is 8.90. The fourth-order valence-electron chi connectivity index (χ4n) is 0.834. The Morgan fingerprint density at radius 3 is 2.73 bits per heavy atom. The summed E-state index contributed by atoms with van der Waals surface area (Å²) in [5.41, 5.74) is 4.61. The average molecular weight is 233 g/mol. The summed E-state index contributed by atoms with van der Waals surface area (Å²) in [6.45, 7) is 0. The van der Waals surface area contributed by atoms with Crippen molar-refractivity contribution < 1.29 is 0 Å². The van der Waals surface area contributed by atoms with Crippen LogP contribution in [0.3, 0.4) is 0 Å². The van der Waals surface area contributed by atoms with E-state index in [4.69, 9.17) is 5.84 Å². The molecule has 0 aliphatic rings. The molecule has 1 aromatic carbocycles. The van der Waals surface area contributed by atoms with Crippen LogP contribution in [0.25, 0.3) is 0 Å². The molecule has 0 aliphatic carbocycles. The molecule has 0 saturated heterocycles. The molecule has 1 aromatic rings. The molecule has 0 aliphatic heterocycles. The van der Waals surface area contributed by atoms with Crippen molar-refractivity contribution in [2.75, 3.05) is 5.43 Å². The lowest BCUT2D eigenvalue weighted by Gasteiger charge is -2.03.